The van der Waals surface area contributed by atoms with Crippen molar-refractivity contribution in [1.29, 1.82) is 0 Å². The summed E-state index contributed by atoms with van der Waals surface area (Å²) in [5.41, 5.74) is 8.20. The zero-order chi connectivity index (χ0) is 82.3. The highest BCUT2D eigenvalue weighted by Gasteiger charge is 2.62. The van der Waals surface area contributed by atoms with Crippen LogP contribution in [0.1, 0.15) is 189 Å². The molecule has 3 N–H and O–H groups in total. The molecule has 29 heteroatoms. The van der Waals surface area contributed by atoms with Crippen LogP contribution in [0.5, 0.6) is 11.5 Å². The van der Waals surface area contributed by atoms with Crippen LogP contribution in [0, 0.1) is 69.1 Å². The zero-order valence-corrected chi connectivity index (χ0v) is 77.1. The number of halogens is 3. The number of unbranched alkanes of at least 4 members (excludes halogenated alkanes) is 4. The first-order valence-electron chi connectivity index (χ1n) is 39.5. The average molecular weight is 1960 g/mol. The summed E-state index contributed by atoms with van der Waals surface area (Å²) >= 11 is 7.36. The summed E-state index contributed by atoms with van der Waals surface area (Å²) in [6.07, 6.45) is 17.8. The number of carbonyl (C=O) groups is 7. The van der Waals surface area contributed by atoms with E-state index in [2.05, 4.69) is 119 Å². The maximum Gasteiger partial charge on any atom is 0.309 e. The quantitative estimate of drug-likeness (QED) is 0.0208. The number of thiazole rings is 2. The lowest BCUT2D eigenvalue weighted by Crippen LogP contribution is -2.54. The lowest BCUT2D eigenvalue weighted by Gasteiger charge is -2.26. The van der Waals surface area contributed by atoms with E-state index in [9.17, 15) is 47.1 Å². The van der Waals surface area contributed by atoms with Crippen LogP contribution in [0.15, 0.2) is 84.6 Å². The van der Waals surface area contributed by atoms with Gasteiger partial charge < -0.3 is 44.1 Å². The van der Waals surface area contributed by atoms with E-state index in [1.54, 1.807) is 40.1 Å². The maximum atomic E-state index is 14.3. The number of carbonyl (C=O) groups excluding carboxylic acids is 7. The van der Waals surface area contributed by atoms with Crippen molar-refractivity contribution in [2.45, 2.75) is 212 Å². The molecule has 0 saturated heterocycles. The molecule has 114 heavy (non-hydrogen) atoms. The van der Waals surface area contributed by atoms with Gasteiger partial charge in [0.1, 0.15) is 50.6 Å². The minimum atomic E-state index is -3.82. The van der Waals surface area contributed by atoms with Crippen molar-refractivity contribution in [3.63, 3.8) is 0 Å². The molecule has 5 heterocycles. The number of allylic oxidation sites excluding steroid dienone is 3. The summed E-state index contributed by atoms with van der Waals surface area (Å²) in [4.78, 5) is 117. The molecule has 2 aromatic carbocycles. The number of aryl methyl sites for hydroxylation is 4. The van der Waals surface area contributed by atoms with Crippen molar-refractivity contribution >= 4 is 157 Å². The maximum absolute atomic E-state index is 14.3. The molecule has 0 bridgehead atoms. The number of methoxy groups -OCH3 is 2. The third-order valence-electron chi connectivity index (χ3n) is 22.9. The number of pyridine rings is 2. The number of amides is 5. The third kappa shape index (κ3) is 23.0. The predicted molar refractivity (Wildman–Crippen MR) is 477 cm³/mol. The fraction of sp³-hybridized carbons (Fsp3) is 0.565. The van der Waals surface area contributed by atoms with Crippen molar-refractivity contribution in [1.82, 2.24) is 44.7 Å². The van der Waals surface area contributed by atoms with Crippen LogP contribution in [-0.2, 0) is 53.1 Å². The van der Waals surface area contributed by atoms with Crippen LogP contribution < -0.4 is 19.5 Å². The molecular formula is C85H114I3N9O14S3. The van der Waals surface area contributed by atoms with Crippen LogP contribution in [0.25, 0.3) is 43.2 Å². The molecule has 11 atom stereocenters. The van der Waals surface area contributed by atoms with Gasteiger partial charge in [0.2, 0.25) is 33.7 Å². The summed E-state index contributed by atoms with van der Waals surface area (Å²) in [6.45, 7) is 26.0. The number of rotatable bonds is 25. The van der Waals surface area contributed by atoms with E-state index in [1.165, 1.54) is 25.6 Å². The molecular weight excluding hydrogens is 1850 g/mol. The van der Waals surface area contributed by atoms with Crippen LogP contribution in [0.2, 0.25) is 0 Å². The highest BCUT2D eigenvalue weighted by Crippen LogP contribution is 2.48. The predicted octanol–water partition coefficient (Wildman–Crippen LogP) is 16.2. The highest BCUT2D eigenvalue weighted by atomic mass is 128. The van der Waals surface area contributed by atoms with Gasteiger partial charge in [-0.1, -0.05) is 64.1 Å². The highest BCUT2D eigenvalue weighted by molar-refractivity contribution is 15.0. The summed E-state index contributed by atoms with van der Waals surface area (Å²) in [6, 6.07) is 12.0. The number of esters is 2. The van der Waals surface area contributed by atoms with E-state index in [-0.39, 0.29) is 72.0 Å². The fourth-order valence-electron chi connectivity index (χ4n) is 15.5. The topological polar surface area (TPSA) is 296 Å². The standard InChI is InChI=1S/C38H47N5O6S2.C32H41N3O4S.C15H25NO4.I2.HI/c1-21(2)31-20-50-35(40-31)30-18-32(27-14-11-22(3)23(4)33(27)39-30)49-25-16-28-29(17-25)36(45)43(5)15-9-7-6-8-10-24-19-38(24,41-34(28)44)37(46)42-51(47,48)26-12-13-26;1-8-9-10-11-14-35(6)31(36)24-15-22(16-25(24)32(37)38-7)39-28-17-26(30-34-27(18-40-30)19(2)3)33-29-21(5)20(4)12-13-23(28)29;1-4-5-6-7-8-16(2)14(18)12-9-11(17)10-13(12)15(19)20-3;1-2;/h8,10-11,14,18,20-21,24-26,28-29H,6-7,9,12-13,15-17,19H2,1-5H3,(H,41,44)(H,42,46);8,12-13,17-19,22,24-25H,1,9-11,14-16H2,2-7H3;4,11-13,17H,1,5-10H2,2-3H3;;1H/b10-8-;;;;/t24-,25-,28-,29-,38-;22-,24+,25+;11-,12-,13-;;/m101../s1. The van der Waals surface area contributed by atoms with Crippen LogP contribution >= 0.6 is 83.9 Å². The van der Waals surface area contributed by atoms with E-state index in [0.29, 0.717) is 94.1 Å². The third-order valence-corrected chi connectivity index (χ3v) is 26.5. The first kappa shape index (κ1) is 93.2. The molecule has 0 unspecified atom stereocenters. The Balaban J connectivity index is 0.000000230. The lowest BCUT2D eigenvalue weighted by atomic mass is 9.93. The lowest BCUT2D eigenvalue weighted by molar-refractivity contribution is -0.151. The van der Waals surface area contributed by atoms with E-state index in [4.69, 9.17) is 38.9 Å². The van der Waals surface area contributed by atoms with Gasteiger partial charge in [-0.2, -0.15) is 0 Å². The minimum absolute atomic E-state index is 0. The van der Waals surface area contributed by atoms with Gasteiger partial charge >= 0.3 is 11.9 Å². The fourth-order valence-corrected chi connectivity index (χ4v) is 18.8. The molecule has 0 spiro atoms. The van der Waals surface area contributed by atoms with E-state index in [0.717, 1.165) is 129 Å². The number of ether oxygens (including phenoxy) is 4. The summed E-state index contributed by atoms with van der Waals surface area (Å²) < 4.78 is 51.1. The van der Waals surface area contributed by atoms with Crippen LogP contribution in [0.4, 0.5) is 0 Å². The summed E-state index contributed by atoms with van der Waals surface area (Å²) in [5, 5.41) is 19.6. The number of fused-ring (bicyclic) bond motifs is 4. The van der Waals surface area contributed by atoms with Gasteiger partial charge in [-0.05, 0) is 189 Å². The number of nitrogens with zero attached hydrogens (tertiary/aromatic N) is 7. The molecule has 1 aliphatic heterocycles. The van der Waals surface area contributed by atoms with Gasteiger partial charge in [0, 0.05) is 118 Å². The molecule has 0 radical (unpaired) electrons. The van der Waals surface area contributed by atoms with E-state index >= 15 is 0 Å². The summed E-state index contributed by atoms with van der Waals surface area (Å²) in [7, 11) is 4.20. The van der Waals surface area contributed by atoms with Crippen LogP contribution in [0.3, 0.4) is 0 Å². The number of hydrogen-bond donors (Lipinski definition) is 3. The monoisotopic (exact) mass is 1960 g/mol. The number of aromatic nitrogens is 4. The van der Waals surface area contributed by atoms with Gasteiger partial charge in [0.05, 0.1) is 83.5 Å². The first-order chi connectivity index (χ1) is 53.9. The Labute approximate surface area is 721 Å². The smallest absolute Gasteiger partial charge is 0.309 e. The second kappa shape index (κ2) is 42.4. The molecule has 6 aromatic rings. The Hall–Kier alpha value is -6.27. The second-order valence-corrected chi connectivity index (χ2v) is 35.4. The van der Waals surface area contributed by atoms with Gasteiger partial charge in [-0.15, -0.1) is 59.8 Å². The molecule has 5 aliphatic carbocycles. The normalized spacial score (nSPS) is 23.5. The van der Waals surface area contributed by atoms with Crippen molar-refractivity contribution in [2.75, 3.05) is 55.0 Å². The number of aliphatic hydroxyl groups excluding tert-OH is 1. The minimum Gasteiger partial charge on any atom is -0.490 e. The van der Waals surface area contributed by atoms with Gasteiger partial charge in [0.25, 0.3) is 5.91 Å². The van der Waals surface area contributed by atoms with Gasteiger partial charge in [-0.25, -0.2) is 28.4 Å². The molecule has 23 nitrogen and oxygen atoms in total. The Kier molecular flexibility index (Phi) is 34.7. The number of hydrogen-bond acceptors (Lipinski definition) is 20. The van der Waals surface area contributed by atoms with Crippen molar-refractivity contribution < 1.29 is 66.0 Å². The van der Waals surface area contributed by atoms with Gasteiger partial charge in [0.15, 0.2) is 0 Å². The molecule has 622 valence electrons. The van der Waals surface area contributed by atoms with Crippen LogP contribution in [-0.4, -0.2) is 174 Å². The first-order valence-corrected chi connectivity index (χ1v) is 49.1. The molecule has 12 rings (SSSR count). The average Bonchev–Trinajstić information content (AvgIpc) is 1.56. The van der Waals surface area contributed by atoms with Crippen molar-refractivity contribution in [2.24, 2.45) is 41.4 Å². The number of benzene rings is 2. The number of aliphatic hydroxyl groups is 1. The van der Waals surface area contributed by atoms with Crippen molar-refractivity contribution in [3.05, 3.63) is 118 Å². The largest absolute Gasteiger partial charge is 0.490 e. The molecule has 5 saturated carbocycles. The molecule has 6 aliphatic rings. The Morgan fingerprint density at radius 2 is 1.16 bits per heavy atom. The Morgan fingerprint density at radius 3 is 1.63 bits per heavy atom. The molecule has 4 aromatic heterocycles. The number of sulfonamides is 1. The number of nitrogens with one attached hydrogen (secondary N) is 2. The Bertz CT molecular complexity index is 4570. The second-order valence-electron chi connectivity index (χ2n) is 31.7. The SMILES string of the molecule is C=CCCCCN(C)C(=O)[C@@H]1C[C@@H](O)C[C@H]1C(=O)OC.C=CCCCCN(C)C(=O)[C@@H]1C[C@H](Oc2cc(-c3nc(C(C)C)cs3)nc3c(C)c(C)ccc23)C[C@H]1C(=O)OC.Cc1ccc2c(O[C@@H]3C[C@H]4C(=O)N[C@]5(C(=O)NS(=O)(=O)C6CC6)C[C@H]5/C=C\CCCCN(C)C(=O)[C@@H]4C3)cc(-c3nc(C(C)C)cs3)nc2c1C.I.II. The van der Waals surface area contributed by atoms with E-state index < -0.39 is 86.3 Å². The molecule has 5 amide bonds. The summed E-state index contributed by atoms with van der Waals surface area (Å²) in [5.74, 6) is -4.00. The van der Waals surface area contributed by atoms with E-state index in [1.807, 2.05) is 75.5 Å². The van der Waals surface area contributed by atoms with Crippen molar-refractivity contribution in [3.8, 4) is 32.9 Å². The zero-order valence-electron chi connectivity index (χ0n) is 68.0. The van der Waals surface area contributed by atoms with Gasteiger partial charge in [-0.3, -0.25) is 38.3 Å². The Morgan fingerprint density at radius 1 is 0.693 bits per heavy atom. The molecule has 5 fully saturated rings.